The average Bonchev–Trinajstić information content (AvgIpc) is 2.66. The number of carbonyl (C=O) groups is 2. The Labute approximate surface area is 162 Å². The lowest BCUT2D eigenvalue weighted by molar-refractivity contribution is -0.147. The van der Waals surface area contributed by atoms with Crippen LogP contribution in [0.2, 0.25) is 0 Å². The Kier molecular flexibility index (Phi) is 7.39. The molecule has 2 rings (SSSR count). The molecule has 6 nitrogen and oxygen atoms in total. The van der Waals surface area contributed by atoms with Crippen LogP contribution in [-0.4, -0.2) is 49.4 Å². The molecular weight excluding hydrogens is 340 g/mol. The summed E-state index contributed by atoms with van der Waals surface area (Å²) in [7, 11) is 1.72. The van der Waals surface area contributed by atoms with Crippen LogP contribution in [0.3, 0.4) is 0 Å². The maximum Gasteiger partial charge on any atom is 0.229 e. The Bertz CT molecular complexity index is 664. The third-order valence-electron chi connectivity index (χ3n) is 5.08. The van der Waals surface area contributed by atoms with Crippen molar-refractivity contribution in [3.8, 4) is 0 Å². The fourth-order valence-electron chi connectivity index (χ4n) is 3.15. The molecule has 1 heterocycles. The van der Waals surface area contributed by atoms with Crippen LogP contribution in [0.15, 0.2) is 29.3 Å². The van der Waals surface area contributed by atoms with Gasteiger partial charge in [-0.1, -0.05) is 45.0 Å². The second-order valence-corrected chi connectivity index (χ2v) is 7.58. The summed E-state index contributed by atoms with van der Waals surface area (Å²) in [5.41, 5.74) is 2.55. The van der Waals surface area contributed by atoms with Gasteiger partial charge >= 0.3 is 0 Å². The minimum atomic E-state index is -0.0762. The number of rotatable bonds is 7. The van der Waals surface area contributed by atoms with E-state index in [0.29, 0.717) is 38.3 Å². The van der Waals surface area contributed by atoms with Gasteiger partial charge in [0.25, 0.3) is 0 Å². The summed E-state index contributed by atoms with van der Waals surface area (Å²) in [5.74, 6) is 0.519. The van der Waals surface area contributed by atoms with Gasteiger partial charge in [0.2, 0.25) is 11.8 Å². The summed E-state index contributed by atoms with van der Waals surface area (Å²) < 4.78 is 0. The van der Waals surface area contributed by atoms with Gasteiger partial charge in [0.1, 0.15) is 0 Å². The molecule has 0 aromatic heterocycles. The molecule has 1 saturated heterocycles. The Morgan fingerprint density at radius 3 is 2.30 bits per heavy atom. The standard InChI is InChI=1S/C21H32N4O2/c1-5-16-9-11-17(12-10-16)21(2,3)15-24-20(22-4)23-13-14-25-18(26)7-6-8-19(25)27/h9-12H,5-8,13-15H2,1-4H3,(H2,22,23,24). The maximum absolute atomic E-state index is 11.8. The number of aryl methyl sites for hydroxylation is 1. The molecule has 6 heteroatoms. The van der Waals surface area contributed by atoms with E-state index < -0.39 is 0 Å². The van der Waals surface area contributed by atoms with E-state index in [0.717, 1.165) is 13.0 Å². The van der Waals surface area contributed by atoms with Crippen molar-refractivity contribution in [2.24, 2.45) is 4.99 Å². The first-order valence-electron chi connectivity index (χ1n) is 9.74. The van der Waals surface area contributed by atoms with E-state index in [1.807, 2.05) is 0 Å². The summed E-state index contributed by atoms with van der Waals surface area (Å²) in [6, 6.07) is 8.72. The monoisotopic (exact) mass is 372 g/mol. The van der Waals surface area contributed by atoms with Crippen molar-refractivity contribution in [1.82, 2.24) is 15.5 Å². The molecular formula is C21H32N4O2. The lowest BCUT2D eigenvalue weighted by atomic mass is 9.84. The predicted molar refractivity (Wildman–Crippen MR) is 109 cm³/mol. The number of aliphatic imine (C=N–C) groups is 1. The number of amides is 2. The van der Waals surface area contributed by atoms with Gasteiger partial charge < -0.3 is 10.6 Å². The van der Waals surface area contributed by atoms with Crippen molar-refractivity contribution in [1.29, 1.82) is 0 Å². The molecule has 1 aromatic carbocycles. The fourth-order valence-corrected chi connectivity index (χ4v) is 3.15. The number of likely N-dealkylation sites (tertiary alicyclic amines) is 1. The van der Waals surface area contributed by atoms with Gasteiger partial charge in [-0.25, -0.2) is 0 Å². The van der Waals surface area contributed by atoms with Crippen LogP contribution in [0, 0.1) is 0 Å². The molecule has 0 aliphatic carbocycles. The maximum atomic E-state index is 11.8. The van der Waals surface area contributed by atoms with Crippen LogP contribution >= 0.6 is 0 Å². The minimum absolute atomic E-state index is 0.0529. The molecule has 0 bridgehead atoms. The van der Waals surface area contributed by atoms with E-state index >= 15 is 0 Å². The summed E-state index contributed by atoms with van der Waals surface area (Å²) in [6.45, 7) is 8.13. The zero-order chi connectivity index (χ0) is 19.9. The Hall–Kier alpha value is -2.37. The van der Waals surface area contributed by atoms with Crippen molar-refractivity contribution in [2.75, 3.05) is 26.7 Å². The Morgan fingerprint density at radius 1 is 1.11 bits per heavy atom. The number of benzene rings is 1. The van der Waals surface area contributed by atoms with Crippen LogP contribution < -0.4 is 10.6 Å². The molecule has 0 atom stereocenters. The summed E-state index contributed by atoms with van der Waals surface area (Å²) in [6.07, 6.45) is 2.63. The van der Waals surface area contributed by atoms with E-state index in [1.54, 1.807) is 7.05 Å². The summed E-state index contributed by atoms with van der Waals surface area (Å²) in [5, 5.41) is 6.54. The molecule has 0 spiro atoms. The SMILES string of the molecule is CCc1ccc(C(C)(C)CNC(=NC)NCCN2C(=O)CCCC2=O)cc1. The summed E-state index contributed by atoms with van der Waals surface area (Å²) in [4.78, 5) is 29.3. The van der Waals surface area contributed by atoms with Gasteiger partial charge in [0, 0.05) is 44.9 Å². The highest BCUT2D eigenvalue weighted by molar-refractivity contribution is 5.97. The van der Waals surface area contributed by atoms with Crippen molar-refractivity contribution in [3.63, 3.8) is 0 Å². The summed E-state index contributed by atoms with van der Waals surface area (Å²) >= 11 is 0. The highest BCUT2D eigenvalue weighted by Crippen LogP contribution is 2.22. The Morgan fingerprint density at radius 2 is 1.74 bits per heavy atom. The fraction of sp³-hybridized carbons (Fsp3) is 0.571. The first-order valence-corrected chi connectivity index (χ1v) is 9.74. The van der Waals surface area contributed by atoms with Crippen LogP contribution in [0.25, 0.3) is 0 Å². The minimum Gasteiger partial charge on any atom is -0.356 e. The molecule has 2 amide bonds. The quantitative estimate of drug-likeness (QED) is 0.437. The zero-order valence-electron chi connectivity index (χ0n) is 17.0. The van der Waals surface area contributed by atoms with Gasteiger partial charge in [-0.2, -0.15) is 0 Å². The molecule has 148 valence electrons. The second kappa shape index (κ2) is 9.53. The van der Waals surface area contributed by atoms with Crippen LogP contribution in [0.5, 0.6) is 0 Å². The van der Waals surface area contributed by atoms with Gasteiger partial charge in [-0.15, -0.1) is 0 Å². The van der Waals surface area contributed by atoms with Crippen molar-refractivity contribution < 1.29 is 9.59 Å². The van der Waals surface area contributed by atoms with Crippen molar-refractivity contribution in [3.05, 3.63) is 35.4 Å². The van der Waals surface area contributed by atoms with Gasteiger partial charge in [-0.3, -0.25) is 19.5 Å². The molecule has 0 saturated carbocycles. The predicted octanol–water partition coefficient (Wildman–Crippen LogP) is 2.23. The molecule has 0 unspecified atom stereocenters. The third-order valence-corrected chi connectivity index (χ3v) is 5.08. The first-order chi connectivity index (χ1) is 12.9. The van der Waals surface area contributed by atoms with E-state index in [4.69, 9.17) is 0 Å². The first kappa shape index (κ1) is 20.9. The van der Waals surface area contributed by atoms with Crippen molar-refractivity contribution >= 4 is 17.8 Å². The van der Waals surface area contributed by atoms with Gasteiger partial charge in [-0.05, 0) is 24.0 Å². The average molecular weight is 373 g/mol. The zero-order valence-corrected chi connectivity index (χ0v) is 17.0. The number of nitrogens with one attached hydrogen (secondary N) is 2. The topological polar surface area (TPSA) is 73.8 Å². The number of hydrogen-bond acceptors (Lipinski definition) is 3. The second-order valence-electron chi connectivity index (χ2n) is 7.58. The number of nitrogens with zero attached hydrogens (tertiary/aromatic N) is 2. The van der Waals surface area contributed by atoms with Crippen molar-refractivity contribution in [2.45, 2.75) is 51.9 Å². The number of imide groups is 1. The van der Waals surface area contributed by atoms with Crippen LogP contribution in [0.4, 0.5) is 0 Å². The van der Waals surface area contributed by atoms with Gasteiger partial charge in [0.15, 0.2) is 5.96 Å². The highest BCUT2D eigenvalue weighted by atomic mass is 16.2. The number of carbonyl (C=O) groups excluding carboxylic acids is 2. The van der Waals surface area contributed by atoms with E-state index in [1.165, 1.54) is 16.0 Å². The molecule has 0 radical (unpaired) electrons. The highest BCUT2D eigenvalue weighted by Gasteiger charge is 2.25. The van der Waals surface area contributed by atoms with E-state index in [-0.39, 0.29) is 17.2 Å². The molecule has 1 aliphatic rings. The third kappa shape index (κ3) is 5.81. The largest absolute Gasteiger partial charge is 0.356 e. The molecule has 2 N–H and O–H groups in total. The smallest absolute Gasteiger partial charge is 0.229 e. The Balaban J connectivity index is 1.83. The number of hydrogen-bond donors (Lipinski definition) is 2. The number of guanidine groups is 1. The van der Waals surface area contributed by atoms with Crippen LogP contribution in [0.1, 0.15) is 51.2 Å². The molecule has 27 heavy (non-hydrogen) atoms. The van der Waals surface area contributed by atoms with E-state index in [2.05, 4.69) is 60.7 Å². The lowest BCUT2D eigenvalue weighted by Crippen LogP contribution is -2.48. The van der Waals surface area contributed by atoms with E-state index in [9.17, 15) is 9.59 Å². The lowest BCUT2D eigenvalue weighted by Gasteiger charge is -2.28. The number of piperidine rings is 1. The normalized spacial score (nSPS) is 15.9. The van der Waals surface area contributed by atoms with Crippen LogP contribution in [-0.2, 0) is 21.4 Å². The molecule has 1 aromatic rings. The molecule has 1 aliphatic heterocycles. The van der Waals surface area contributed by atoms with Gasteiger partial charge in [0.05, 0.1) is 0 Å². The molecule has 1 fully saturated rings.